The fourth-order valence-electron chi connectivity index (χ4n) is 2.46. The Hall–Kier alpha value is -2.09. The first-order valence-corrected chi connectivity index (χ1v) is 7.97. The lowest BCUT2D eigenvalue weighted by Crippen LogP contribution is -2.36. The van der Waals surface area contributed by atoms with Crippen molar-refractivity contribution in [3.63, 3.8) is 0 Å². The average Bonchev–Trinajstić information content (AvgIpc) is 2.54. The van der Waals surface area contributed by atoms with E-state index in [1.165, 1.54) is 11.1 Å². The van der Waals surface area contributed by atoms with Gasteiger partial charge in [0.15, 0.2) is 0 Å². The van der Waals surface area contributed by atoms with Crippen molar-refractivity contribution in [2.45, 2.75) is 39.2 Å². The summed E-state index contributed by atoms with van der Waals surface area (Å²) in [6.45, 7) is 6.30. The van der Waals surface area contributed by atoms with Crippen LogP contribution in [0.2, 0.25) is 0 Å². The van der Waals surface area contributed by atoms with Gasteiger partial charge in [0.25, 0.3) is 0 Å². The van der Waals surface area contributed by atoms with Crippen LogP contribution in [0.4, 0.5) is 0 Å². The molecule has 0 fully saturated rings. The molecule has 2 rings (SSSR count). The molecular formula is C20H25NO. The quantitative estimate of drug-likeness (QED) is 0.842. The number of carbonyl (C=O) groups excluding carboxylic acids is 1. The summed E-state index contributed by atoms with van der Waals surface area (Å²) in [4.78, 5) is 12.4. The van der Waals surface area contributed by atoms with Gasteiger partial charge < -0.3 is 5.32 Å². The number of amides is 1. The second-order valence-corrected chi connectivity index (χ2v) is 6.18. The Kier molecular flexibility index (Phi) is 5.76. The second-order valence-electron chi connectivity index (χ2n) is 6.18. The number of rotatable bonds is 6. The molecule has 2 nitrogen and oxygen atoms in total. The van der Waals surface area contributed by atoms with Gasteiger partial charge in [-0.05, 0) is 24.0 Å². The summed E-state index contributed by atoms with van der Waals surface area (Å²) in [5.41, 5.74) is 2.36. The van der Waals surface area contributed by atoms with Gasteiger partial charge in [-0.3, -0.25) is 4.79 Å². The first-order valence-electron chi connectivity index (χ1n) is 7.97. The van der Waals surface area contributed by atoms with E-state index in [1.54, 1.807) is 0 Å². The van der Waals surface area contributed by atoms with Gasteiger partial charge in [0.1, 0.15) is 0 Å². The van der Waals surface area contributed by atoms with Crippen LogP contribution in [0.1, 0.15) is 44.2 Å². The Bertz CT molecular complexity index is 538. The third kappa shape index (κ3) is 4.45. The normalized spacial score (nSPS) is 12.4. The Labute approximate surface area is 133 Å². The fourth-order valence-corrected chi connectivity index (χ4v) is 2.46. The number of hydrogen-bond donors (Lipinski definition) is 1. The van der Waals surface area contributed by atoms with E-state index in [4.69, 9.17) is 0 Å². The minimum absolute atomic E-state index is 0.0989. The van der Waals surface area contributed by atoms with Gasteiger partial charge in [-0.25, -0.2) is 0 Å². The van der Waals surface area contributed by atoms with Gasteiger partial charge in [-0.15, -0.1) is 0 Å². The van der Waals surface area contributed by atoms with E-state index in [9.17, 15) is 4.79 Å². The molecule has 0 saturated carbocycles. The van der Waals surface area contributed by atoms with E-state index in [1.807, 2.05) is 36.4 Å². The number of hydrogen-bond acceptors (Lipinski definition) is 1. The molecule has 1 amide bonds. The van der Waals surface area contributed by atoms with E-state index in [2.05, 4.69) is 50.4 Å². The maximum absolute atomic E-state index is 12.4. The number of nitrogens with one attached hydrogen (secondary N) is 1. The molecule has 0 aromatic heterocycles. The van der Waals surface area contributed by atoms with E-state index in [0.29, 0.717) is 12.3 Å². The molecule has 0 radical (unpaired) electrons. The SMILES string of the molecule is CC(C)C(C)NC(=O)CC(c1ccccc1)c1ccccc1. The van der Waals surface area contributed by atoms with E-state index < -0.39 is 0 Å². The highest BCUT2D eigenvalue weighted by Crippen LogP contribution is 2.27. The minimum atomic E-state index is 0.0989. The van der Waals surface area contributed by atoms with Gasteiger partial charge in [-0.2, -0.15) is 0 Å². The molecule has 1 N–H and O–H groups in total. The molecule has 1 atom stereocenters. The van der Waals surface area contributed by atoms with Crippen LogP contribution >= 0.6 is 0 Å². The molecule has 116 valence electrons. The number of benzene rings is 2. The van der Waals surface area contributed by atoms with E-state index >= 15 is 0 Å². The second kappa shape index (κ2) is 7.79. The molecule has 0 saturated heterocycles. The predicted octanol–water partition coefficient (Wildman–Crippen LogP) is 4.37. The molecule has 2 aromatic carbocycles. The van der Waals surface area contributed by atoms with Gasteiger partial charge in [0.2, 0.25) is 5.91 Å². The van der Waals surface area contributed by atoms with Crippen LogP contribution in [0, 0.1) is 5.92 Å². The molecule has 0 aliphatic rings. The van der Waals surface area contributed by atoms with Gasteiger partial charge in [-0.1, -0.05) is 74.5 Å². The zero-order valence-electron chi connectivity index (χ0n) is 13.6. The molecule has 0 spiro atoms. The van der Waals surface area contributed by atoms with Crippen LogP contribution in [-0.4, -0.2) is 11.9 Å². The lowest BCUT2D eigenvalue weighted by Gasteiger charge is -2.21. The van der Waals surface area contributed by atoms with Crippen LogP contribution in [0.25, 0.3) is 0 Å². The van der Waals surface area contributed by atoms with Gasteiger partial charge in [0, 0.05) is 18.4 Å². The van der Waals surface area contributed by atoms with Crippen molar-refractivity contribution < 1.29 is 4.79 Å². The summed E-state index contributed by atoms with van der Waals surface area (Å²) < 4.78 is 0. The van der Waals surface area contributed by atoms with E-state index in [0.717, 1.165) is 0 Å². The summed E-state index contributed by atoms with van der Waals surface area (Å²) >= 11 is 0. The smallest absolute Gasteiger partial charge is 0.221 e. The van der Waals surface area contributed by atoms with Crippen molar-refractivity contribution in [3.05, 3.63) is 71.8 Å². The highest BCUT2D eigenvalue weighted by molar-refractivity contribution is 5.77. The fraction of sp³-hybridized carbons (Fsp3) is 0.350. The van der Waals surface area contributed by atoms with Crippen molar-refractivity contribution in [1.29, 1.82) is 0 Å². The summed E-state index contributed by atoms with van der Waals surface area (Å²) in [6.07, 6.45) is 0.477. The molecule has 0 bridgehead atoms. The van der Waals surface area contributed by atoms with Gasteiger partial charge >= 0.3 is 0 Å². The standard InChI is InChI=1S/C20H25NO/c1-15(2)16(3)21-20(22)14-19(17-10-6-4-7-11-17)18-12-8-5-9-13-18/h4-13,15-16,19H,14H2,1-3H3,(H,21,22). The van der Waals surface area contributed by atoms with Crippen molar-refractivity contribution in [3.8, 4) is 0 Å². The monoisotopic (exact) mass is 295 g/mol. The summed E-state index contributed by atoms with van der Waals surface area (Å²) in [6, 6.07) is 20.7. The van der Waals surface area contributed by atoms with Crippen LogP contribution in [0.5, 0.6) is 0 Å². The van der Waals surface area contributed by atoms with Crippen molar-refractivity contribution >= 4 is 5.91 Å². The van der Waals surface area contributed by atoms with E-state index in [-0.39, 0.29) is 17.9 Å². The molecule has 2 aromatic rings. The van der Waals surface area contributed by atoms with Crippen LogP contribution in [0.15, 0.2) is 60.7 Å². The first kappa shape index (κ1) is 16.3. The zero-order chi connectivity index (χ0) is 15.9. The topological polar surface area (TPSA) is 29.1 Å². The summed E-state index contributed by atoms with van der Waals surface area (Å²) in [5.74, 6) is 0.650. The highest BCUT2D eigenvalue weighted by atomic mass is 16.1. The average molecular weight is 295 g/mol. The Morgan fingerprint density at radius 1 is 0.864 bits per heavy atom. The Morgan fingerprint density at radius 3 is 1.73 bits per heavy atom. The van der Waals surface area contributed by atoms with Gasteiger partial charge in [0.05, 0.1) is 0 Å². The van der Waals surface area contributed by atoms with Crippen LogP contribution < -0.4 is 5.32 Å². The largest absolute Gasteiger partial charge is 0.353 e. The molecule has 2 heteroatoms. The highest BCUT2D eigenvalue weighted by Gasteiger charge is 2.19. The third-order valence-corrected chi connectivity index (χ3v) is 4.18. The lowest BCUT2D eigenvalue weighted by molar-refractivity contribution is -0.122. The van der Waals surface area contributed by atoms with Crippen molar-refractivity contribution in [1.82, 2.24) is 5.32 Å². The predicted molar refractivity (Wildman–Crippen MR) is 91.8 cm³/mol. The summed E-state index contributed by atoms with van der Waals surface area (Å²) in [5, 5.41) is 3.11. The minimum Gasteiger partial charge on any atom is -0.353 e. The molecule has 0 aliphatic carbocycles. The molecule has 22 heavy (non-hydrogen) atoms. The lowest BCUT2D eigenvalue weighted by atomic mass is 9.88. The Balaban J connectivity index is 2.18. The molecular weight excluding hydrogens is 270 g/mol. The first-order chi connectivity index (χ1) is 10.6. The maximum atomic E-state index is 12.4. The van der Waals surface area contributed by atoms with Crippen LogP contribution in [0.3, 0.4) is 0 Å². The third-order valence-electron chi connectivity index (χ3n) is 4.18. The Morgan fingerprint density at radius 2 is 1.32 bits per heavy atom. The zero-order valence-corrected chi connectivity index (χ0v) is 13.6. The van der Waals surface area contributed by atoms with Crippen LogP contribution in [-0.2, 0) is 4.79 Å². The molecule has 0 aliphatic heterocycles. The number of carbonyl (C=O) groups is 1. The maximum Gasteiger partial charge on any atom is 0.221 e. The summed E-state index contributed by atoms with van der Waals surface area (Å²) in [7, 11) is 0. The van der Waals surface area contributed by atoms with Crippen molar-refractivity contribution in [2.24, 2.45) is 5.92 Å². The van der Waals surface area contributed by atoms with Crippen molar-refractivity contribution in [2.75, 3.05) is 0 Å². The molecule has 1 unspecified atom stereocenters. The molecule has 0 heterocycles.